The van der Waals surface area contributed by atoms with Gasteiger partial charge in [0.05, 0.1) is 0 Å². The second-order valence-electron chi connectivity index (χ2n) is 3.85. The first kappa shape index (κ1) is 11.2. The van der Waals surface area contributed by atoms with Crippen LogP contribution in [0.4, 0.5) is 0 Å². The SMILES string of the molecule is CCCOCc1nncn1CC(C)C. The molecule has 0 bridgehead atoms. The standard InChI is InChI=1S/C10H19N3O/c1-4-5-14-7-10-12-11-8-13(10)6-9(2)3/h8-9H,4-7H2,1-3H3. The lowest BCUT2D eigenvalue weighted by atomic mass is 10.2. The van der Waals surface area contributed by atoms with Gasteiger partial charge in [-0.05, 0) is 12.3 Å². The van der Waals surface area contributed by atoms with E-state index in [1.165, 1.54) is 0 Å². The van der Waals surface area contributed by atoms with Gasteiger partial charge in [-0.1, -0.05) is 20.8 Å². The molecule has 80 valence electrons. The maximum atomic E-state index is 5.43. The average molecular weight is 197 g/mol. The third-order valence-corrected chi connectivity index (χ3v) is 1.84. The van der Waals surface area contributed by atoms with E-state index < -0.39 is 0 Å². The molecular weight excluding hydrogens is 178 g/mol. The number of ether oxygens (including phenoxy) is 1. The molecule has 0 saturated carbocycles. The maximum absolute atomic E-state index is 5.43. The molecule has 1 aromatic rings. The number of rotatable bonds is 6. The third-order valence-electron chi connectivity index (χ3n) is 1.84. The van der Waals surface area contributed by atoms with Crippen LogP contribution in [0.1, 0.15) is 33.0 Å². The monoisotopic (exact) mass is 197 g/mol. The first-order valence-electron chi connectivity index (χ1n) is 5.18. The quantitative estimate of drug-likeness (QED) is 0.653. The Labute approximate surface area is 85.3 Å². The molecule has 0 N–H and O–H groups in total. The minimum atomic E-state index is 0.570. The van der Waals surface area contributed by atoms with Crippen molar-refractivity contribution in [2.75, 3.05) is 6.61 Å². The van der Waals surface area contributed by atoms with E-state index in [0.717, 1.165) is 25.4 Å². The van der Waals surface area contributed by atoms with E-state index in [-0.39, 0.29) is 0 Å². The first-order chi connectivity index (χ1) is 6.74. The van der Waals surface area contributed by atoms with E-state index in [2.05, 4.69) is 35.5 Å². The van der Waals surface area contributed by atoms with Crippen molar-refractivity contribution in [1.82, 2.24) is 14.8 Å². The minimum absolute atomic E-state index is 0.570. The zero-order valence-corrected chi connectivity index (χ0v) is 9.23. The van der Waals surface area contributed by atoms with Gasteiger partial charge in [0.25, 0.3) is 0 Å². The Morgan fingerprint density at radius 2 is 2.29 bits per heavy atom. The molecule has 0 spiro atoms. The highest BCUT2D eigenvalue weighted by atomic mass is 16.5. The Bertz CT molecular complexity index is 258. The molecule has 0 aromatic carbocycles. The Kier molecular flexibility index (Phi) is 4.59. The van der Waals surface area contributed by atoms with Crippen molar-refractivity contribution < 1.29 is 4.74 Å². The Hall–Kier alpha value is -0.900. The van der Waals surface area contributed by atoms with Gasteiger partial charge in [0, 0.05) is 13.2 Å². The van der Waals surface area contributed by atoms with Crippen LogP contribution >= 0.6 is 0 Å². The molecule has 0 saturated heterocycles. The molecule has 0 atom stereocenters. The highest BCUT2D eigenvalue weighted by Gasteiger charge is 2.05. The summed E-state index contributed by atoms with van der Waals surface area (Å²) in [6.45, 7) is 8.76. The molecule has 0 unspecified atom stereocenters. The second kappa shape index (κ2) is 5.75. The summed E-state index contributed by atoms with van der Waals surface area (Å²) in [4.78, 5) is 0. The largest absolute Gasteiger partial charge is 0.373 e. The average Bonchev–Trinajstić information content (AvgIpc) is 2.52. The zero-order valence-electron chi connectivity index (χ0n) is 9.23. The third kappa shape index (κ3) is 3.46. The molecule has 1 aromatic heterocycles. The lowest BCUT2D eigenvalue weighted by Crippen LogP contribution is -2.09. The highest BCUT2D eigenvalue weighted by Crippen LogP contribution is 2.03. The van der Waals surface area contributed by atoms with Gasteiger partial charge in [-0.2, -0.15) is 0 Å². The van der Waals surface area contributed by atoms with E-state index in [0.29, 0.717) is 12.5 Å². The molecule has 4 nitrogen and oxygen atoms in total. The lowest BCUT2D eigenvalue weighted by Gasteiger charge is -2.08. The van der Waals surface area contributed by atoms with Crippen LogP contribution in [0, 0.1) is 5.92 Å². The summed E-state index contributed by atoms with van der Waals surface area (Å²) in [6.07, 6.45) is 2.81. The molecule has 4 heteroatoms. The lowest BCUT2D eigenvalue weighted by molar-refractivity contribution is 0.113. The van der Waals surface area contributed by atoms with Crippen molar-refractivity contribution in [2.45, 2.75) is 40.3 Å². The molecule has 0 aliphatic rings. The van der Waals surface area contributed by atoms with Crippen LogP contribution in [0.15, 0.2) is 6.33 Å². The zero-order chi connectivity index (χ0) is 10.4. The maximum Gasteiger partial charge on any atom is 0.158 e. The van der Waals surface area contributed by atoms with Gasteiger partial charge in [0.1, 0.15) is 12.9 Å². The number of aromatic nitrogens is 3. The van der Waals surface area contributed by atoms with Crippen molar-refractivity contribution in [3.8, 4) is 0 Å². The minimum Gasteiger partial charge on any atom is -0.373 e. The fraction of sp³-hybridized carbons (Fsp3) is 0.800. The molecule has 0 amide bonds. The molecule has 0 radical (unpaired) electrons. The summed E-state index contributed by atoms with van der Waals surface area (Å²) < 4.78 is 7.48. The van der Waals surface area contributed by atoms with Crippen molar-refractivity contribution in [2.24, 2.45) is 5.92 Å². The second-order valence-corrected chi connectivity index (χ2v) is 3.85. The smallest absolute Gasteiger partial charge is 0.158 e. The first-order valence-corrected chi connectivity index (χ1v) is 5.18. The molecule has 1 rings (SSSR count). The van der Waals surface area contributed by atoms with Crippen LogP contribution in [-0.2, 0) is 17.9 Å². The summed E-state index contributed by atoms with van der Waals surface area (Å²) in [5.74, 6) is 1.53. The van der Waals surface area contributed by atoms with E-state index in [9.17, 15) is 0 Å². The Morgan fingerprint density at radius 1 is 1.50 bits per heavy atom. The predicted octanol–water partition coefficient (Wildman–Crippen LogP) is 1.86. The normalized spacial score (nSPS) is 11.1. The predicted molar refractivity (Wildman–Crippen MR) is 54.8 cm³/mol. The molecule has 0 aliphatic carbocycles. The van der Waals surface area contributed by atoms with Crippen LogP contribution in [0.3, 0.4) is 0 Å². The number of hydrogen-bond donors (Lipinski definition) is 0. The fourth-order valence-electron chi connectivity index (χ4n) is 1.24. The summed E-state index contributed by atoms with van der Waals surface area (Å²) in [5.41, 5.74) is 0. The topological polar surface area (TPSA) is 39.9 Å². The summed E-state index contributed by atoms with van der Waals surface area (Å²) >= 11 is 0. The van der Waals surface area contributed by atoms with E-state index in [4.69, 9.17) is 4.74 Å². The molecule has 0 fully saturated rings. The van der Waals surface area contributed by atoms with Crippen LogP contribution < -0.4 is 0 Å². The van der Waals surface area contributed by atoms with Gasteiger partial charge >= 0.3 is 0 Å². The Balaban J connectivity index is 2.45. The highest BCUT2D eigenvalue weighted by molar-refractivity contribution is 4.83. The van der Waals surface area contributed by atoms with E-state index in [1.807, 2.05) is 0 Å². The van der Waals surface area contributed by atoms with Crippen LogP contribution in [0.2, 0.25) is 0 Å². The fourth-order valence-corrected chi connectivity index (χ4v) is 1.24. The van der Waals surface area contributed by atoms with Gasteiger partial charge in [0.2, 0.25) is 0 Å². The van der Waals surface area contributed by atoms with Gasteiger partial charge in [-0.15, -0.1) is 10.2 Å². The molecule has 0 aliphatic heterocycles. The van der Waals surface area contributed by atoms with Gasteiger partial charge < -0.3 is 9.30 Å². The van der Waals surface area contributed by atoms with Crippen LogP contribution in [-0.4, -0.2) is 21.4 Å². The Morgan fingerprint density at radius 3 is 2.93 bits per heavy atom. The summed E-state index contributed by atoms with van der Waals surface area (Å²) in [5, 5.41) is 7.92. The van der Waals surface area contributed by atoms with Crippen molar-refractivity contribution in [1.29, 1.82) is 0 Å². The van der Waals surface area contributed by atoms with Gasteiger partial charge in [-0.25, -0.2) is 0 Å². The number of nitrogens with zero attached hydrogens (tertiary/aromatic N) is 3. The van der Waals surface area contributed by atoms with Crippen molar-refractivity contribution in [3.63, 3.8) is 0 Å². The molecular formula is C10H19N3O. The molecule has 1 heterocycles. The summed E-state index contributed by atoms with van der Waals surface area (Å²) in [6, 6.07) is 0. The number of hydrogen-bond acceptors (Lipinski definition) is 3. The van der Waals surface area contributed by atoms with Crippen molar-refractivity contribution >= 4 is 0 Å². The summed E-state index contributed by atoms with van der Waals surface area (Å²) in [7, 11) is 0. The molecule has 14 heavy (non-hydrogen) atoms. The van der Waals surface area contributed by atoms with Gasteiger partial charge in [-0.3, -0.25) is 0 Å². The van der Waals surface area contributed by atoms with Gasteiger partial charge in [0.15, 0.2) is 5.82 Å². The van der Waals surface area contributed by atoms with E-state index >= 15 is 0 Å². The van der Waals surface area contributed by atoms with Crippen LogP contribution in [0.25, 0.3) is 0 Å². The van der Waals surface area contributed by atoms with E-state index in [1.54, 1.807) is 6.33 Å². The van der Waals surface area contributed by atoms with Crippen molar-refractivity contribution in [3.05, 3.63) is 12.2 Å². The van der Waals surface area contributed by atoms with Crippen LogP contribution in [0.5, 0.6) is 0 Å².